The van der Waals surface area contributed by atoms with Gasteiger partial charge in [-0.25, -0.2) is 4.79 Å². The highest BCUT2D eigenvalue weighted by atomic mass is 16.5. The summed E-state index contributed by atoms with van der Waals surface area (Å²) in [6, 6.07) is 8.09. The maximum absolute atomic E-state index is 11.2. The van der Waals surface area contributed by atoms with Crippen molar-refractivity contribution in [3.63, 3.8) is 0 Å². The predicted molar refractivity (Wildman–Crippen MR) is 87.0 cm³/mol. The van der Waals surface area contributed by atoms with Crippen LogP contribution in [-0.4, -0.2) is 28.4 Å². The van der Waals surface area contributed by atoms with Crippen LogP contribution in [0.25, 0.3) is 5.57 Å². The molecule has 5 heteroatoms. The molecule has 2 rings (SSSR count). The quantitative estimate of drug-likeness (QED) is 0.754. The molecule has 0 radical (unpaired) electrons. The molecule has 0 aromatic heterocycles. The second kappa shape index (κ2) is 6.44. The molecule has 5 nitrogen and oxygen atoms in total. The zero-order chi connectivity index (χ0) is 17.1. The number of aryl methyl sites for hydroxylation is 2. The van der Waals surface area contributed by atoms with Crippen molar-refractivity contribution in [1.82, 2.24) is 0 Å². The van der Waals surface area contributed by atoms with Gasteiger partial charge >= 0.3 is 5.97 Å². The third kappa shape index (κ3) is 3.45. The van der Waals surface area contributed by atoms with Crippen molar-refractivity contribution in [1.29, 1.82) is 0 Å². The SMILES string of the molecule is COc1ccc(/C(=C\C(=O)O)c2cc(C)cc(C)c2O)cc1O. The van der Waals surface area contributed by atoms with E-state index in [1.54, 1.807) is 25.1 Å². The van der Waals surface area contributed by atoms with E-state index in [0.717, 1.165) is 11.6 Å². The van der Waals surface area contributed by atoms with Crippen LogP contribution in [0, 0.1) is 13.8 Å². The maximum Gasteiger partial charge on any atom is 0.328 e. The molecule has 0 amide bonds. The molecule has 0 saturated heterocycles. The lowest BCUT2D eigenvalue weighted by Crippen LogP contribution is -1.97. The van der Waals surface area contributed by atoms with E-state index >= 15 is 0 Å². The zero-order valence-electron chi connectivity index (χ0n) is 13.1. The van der Waals surface area contributed by atoms with Crippen LogP contribution in [0.5, 0.6) is 17.2 Å². The molecule has 120 valence electrons. The number of carboxylic acid groups (broad SMARTS) is 1. The minimum absolute atomic E-state index is 0.0124. The Hall–Kier alpha value is -2.95. The van der Waals surface area contributed by atoms with Crippen molar-refractivity contribution in [2.45, 2.75) is 13.8 Å². The summed E-state index contributed by atoms with van der Waals surface area (Å²) < 4.78 is 4.99. The second-order valence-electron chi connectivity index (χ2n) is 5.26. The number of aromatic hydroxyl groups is 2. The van der Waals surface area contributed by atoms with Gasteiger partial charge in [-0.05, 0) is 54.3 Å². The summed E-state index contributed by atoms with van der Waals surface area (Å²) in [4.78, 5) is 11.2. The fourth-order valence-corrected chi connectivity index (χ4v) is 2.46. The number of rotatable bonds is 4. The third-order valence-corrected chi connectivity index (χ3v) is 3.49. The molecule has 0 heterocycles. The number of methoxy groups -OCH3 is 1. The minimum atomic E-state index is -1.14. The topological polar surface area (TPSA) is 87.0 Å². The smallest absolute Gasteiger partial charge is 0.328 e. The van der Waals surface area contributed by atoms with E-state index in [-0.39, 0.29) is 17.2 Å². The van der Waals surface area contributed by atoms with E-state index < -0.39 is 5.97 Å². The van der Waals surface area contributed by atoms with Crippen LogP contribution in [0.1, 0.15) is 22.3 Å². The van der Waals surface area contributed by atoms with Gasteiger partial charge in [0.25, 0.3) is 0 Å². The molecule has 2 aromatic carbocycles. The van der Waals surface area contributed by atoms with Gasteiger partial charge in [0.15, 0.2) is 11.5 Å². The van der Waals surface area contributed by atoms with Gasteiger partial charge in [-0.3, -0.25) is 0 Å². The Bertz CT molecular complexity index is 790. The number of benzene rings is 2. The van der Waals surface area contributed by atoms with Crippen molar-refractivity contribution >= 4 is 11.5 Å². The molecule has 3 N–H and O–H groups in total. The Morgan fingerprint density at radius 3 is 2.39 bits per heavy atom. The lowest BCUT2D eigenvalue weighted by Gasteiger charge is -2.14. The Morgan fingerprint density at radius 2 is 1.83 bits per heavy atom. The average Bonchev–Trinajstić information content (AvgIpc) is 2.48. The lowest BCUT2D eigenvalue weighted by molar-refractivity contribution is -0.131. The number of hydrogen-bond acceptors (Lipinski definition) is 4. The molecule has 0 bridgehead atoms. The van der Waals surface area contributed by atoms with Gasteiger partial charge in [0, 0.05) is 11.6 Å². The lowest BCUT2D eigenvalue weighted by atomic mass is 9.93. The van der Waals surface area contributed by atoms with E-state index in [2.05, 4.69) is 0 Å². The summed E-state index contributed by atoms with van der Waals surface area (Å²) in [5, 5.41) is 29.4. The Labute approximate surface area is 134 Å². The highest BCUT2D eigenvalue weighted by molar-refractivity contribution is 5.97. The molecule has 0 aliphatic rings. The van der Waals surface area contributed by atoms with E-state index in [9.17, 15) is 15.0 Å². The fourth-order valence-electron chi connectivity index (χ4n) is 2.46. The first-order valence-electron chi connectivity index (χ1n) is 6.96. The first-order chi connectivity index (χ1) is 10.8. The molecule has 2 aromatic rings. The highest BCUT2D eigenvalue weighted by Crippen LogP contribution is 2.36. The number of phenols is 2. The molecule has 23 heavy (non-hydrogen) atoms. The molecular formula is C18H18O5. The molecule has 0 fully saturated rings. The second-order valence-corrected chi connectivity index (χ2v) is 5.26. The van der Waals surface area contributed by atoms with Crippen molar-refractivity contribution in [2.75, 3.05) is 7.11 Å². The van der Waals surface area contributed by atoms with Crippen LogP contribution >= 0.6 is 0 Å². The van der Waals surface area contributed by atoms with Crippen LogP contribution < -0.4 is 4.74 Å². The summed E-state index contributed by atoms with van der Waals surface area (Å²) in [6.07, 6.45) is 1.01. The van der Waals surface area contributed by atoms with Gasteiger partial charge in [-0.1, -0.05) is 12.1 Å². The normalized spacial score (nSPS) is 11.3. The van der Waals surface area contributed by atoms with Crippen LogP contribution in [0.2, 0.25) is 0 Å². The Balaban J connectivity index is 2.69. The van der Waals surface area contributed by atoms with Gasteiger partial charge in [-0.15, -0.1) is 0 Å². The van der Waals surface area contributed by atoms with Crippen molar-refractivity contribution in [3.8, 4) is 17.2 Å². The van der Waals surface area contributed by atoms with Crippen LogP contribution in [0.4, 0.5) is 0 Å². The average molecular weight is 314 g/mol. The summed E-state index contributed by atoms with van der Waals surface area (Å²) in [7, 11) is 1.43. The standard InChI is InChI=1S/C18H18O5/c1-10-6-11(2)18(22)14(7-10)13(9-17(20)21)12-4-5-16(23-3)15(19)8-12/h4-9,19,22H,1-3H3,(H,20,21)/b13-9+. The molecule has 0 saturated carbocycles. The van der Waals surface area contributed by atoms with E-state index in [1.165, 1.54) is 13.2 Å². The minimum Gasteiger partial charge on any atom is -0.507 e. The number of carbonyl (C=O) groups is 1. The van der Waals surface area contributed by atoms with Gasteiger partial charge < -0.3 is 20.1 Å². The first-order valence-corrected chi connectivity index (χ1v) is 6.96. The van der Waals surface area contributed by atoms with Gasteiger partial charge in [0.2, 0.25) is 0 Å². The third-order valence-electron chi connectivity index (χ3n) is 3.49. The van der Waals surface area contributed by atoms with Crippen molar-refractivity contribution < 1.29 is 24.9 Å². The Morgan fingerprint density at radius 1 is 1.13 bits per heavy atom. The maximum atomic E-state index is 11.2. The van der Waals surface area contributed by atoms with Crippen molar-refractivity contribution in [3.05, 3.63) is 58.7 Å². The van der Waals surface area contributed by atoms with E-state index in [1.807, 2.05) is 13.0 Å². The highest BCUT2D eigenvalue weighted by Gasteiger charge is 2.15. The fraction of sp³-hybridized carbons (Fsp3) is 0.167. The molecule has 0 aliphatic carbocycles. The number of carboxylic acids is 1. The van der Waals surface area contributed by atoms with Crippen LogP contribution in [-0.2, 0) is 4.79 Å². The summed E-state index contributed by atoms with van der Waals surface area (Å²) in [6.45, 7) is 3.61. The van der Waals surface area contributed by atoms with Gasteiger partial charge in [0.1, 0.15) is 5.75 Å². The van der Waals surface area contributed by atoms with Crippen LogP contribution in [0.3, 0.4) is 0 Å². The Kier molecular flexibility index (Phi) is 4.60. The number of ether oxygens (including phenoxy) is 1. The number of hydrogen-bond donors (Lipinski definition) is 3. The van der Waals surface area contributed by atoms with Crippen molar-refractivity contribution in [2.24, 2.45) is 0 Å². The molecule has 0 aliphatic heterocycles. The summed E-state index contributed by atoms with van der Waals surface area (Å²) in [5.74, 6) is -0.953. The van der Waals surface area contributed by atoms with Crippen LogP contribution in [0.15, 0.2) is 36.4 Å². The first kappa shape index (κ1) is 16.4. The van der Waals surface area contributed by atoms with E-state index in [4.69, 9.17) is 9.84 Å². The van der Waals surface area contributed by atoms with Gasteiger partial charge in [-0.2, -0.15) is 0 Å². The molecule has 0 spiro atoms. The molecule has 0 unspecified atom stereocenters. The van der Waals surface area contributed by atoms with Gasteiger partial charge in [0.05, 0.1) is 7.11 Å². The number of aliphatic carboxylic acids is 1. The number of phenolic OH excluding ortho intramolecular Hbond substituents is 2. The zero-order valence-corrected chi connectivity index (χ0v) is 13.1. The monoisotopic (exact) mass is 314 g/mol. The summed E-state index contributed by atoms with van der Waals surface area (Å²) in [5.41, 5.74) is 2.71. The molecular weight excluding hydrogens is 296 g/mol. The van der Waals surface area contributed by atoms with E-state index in [0.29, 0.717) is 22.3 Å². The largest absolute Gasteiger partial charge is 0.507 e. The molecule has 0 atom stereocenters. The predicted octanol–water partition coefficient (Wildman–Crippen LogP) is 3.24. The summed E-state index contributed by atoms with van der Waals surface area (Å²) >= 11 is 0.